The second kappa shape index (κ2) is 12.9. The molecule has 2 aromatic rings. The summed E-state index contributed by atoms with van der Waals surface area (Å²) in [6, 6.07) is 14.0. The molecule has 202 valence electrons. The van der Waals surface area contributed by atoms with Crippen molar-refractivity contribution in [2.45, 2.75) is 123 Å². The quantitative estimate of drug-likeness (QED) is 0.279. The number of aryl methyl sites for hydroxylation is 3. The fraction of sp³-hybridized carbons (Fsp3) is 0.559. The highest BCUT2D eigenvalue weighted by molar-refractivity contribution is 5.71. The average Bonchev–Trinajstić information content (AvgIpc) is 3.33. The number of rotatable bonds is 13. The van der Waals surface area contributed by atoms with Gasteiger partial charge in [-0.05, 0) is 91.7 Å². The van der Waals surface area contributed by atoms with E-state index in [1.165, 1.54) is 33.4 Å². The van der Waals surface area contributed by atoms with Crippen molar-refractivity contribution in [1.82, 2.24) is 0 Å². The molecule has 1 fully saturated rings. The van der Waals surface area contributed by atoms with E-state index in [1.807, 2.05) is 19.9 Å². The van der Waals surface area contributed by atoms with Crippen LogP contribution in [0.1, 0.15) is 119 Å². The van der Waals surface area contributed by atoms with Gasteiger partial charge in [0.2, 0.25) is 0 Å². The zero-order chi connectivity index (χ0) is 27.1. The van der Waals surface area contributed by atoms with E-state index < -0.39 is 5.60 Å². The Balaban J connectivity index is 1.92. The molecule has 0 aromatic heterocycles. The van der Waals surface area contributed by atoms with Gasteiger partial charge in [-0.15, -0.1) is 0 Å². The third-order valence-electron chi connectivity index (χ3n) is 8.82. The summed E-state index contributed by atoms with van der Waals surface area (Å²) in [6.45, 7) is 13.1. The van der Waals surface area contributed by atoms with Crippen molar-refractivity contribution in [3.05, 3.63) is 75.9 Å². The van der Waals surface area contributed by atoms with E-state index in [0.717, 1.165) is 57.8 Å². The lowest BCUT2D eigenvalue weighted by Crippen LogP contribution is -2.26. The zero-order valence-corrected chi connectivity index (χ0v) is 24.0. The summed E-state index contributed by atoms with van der Waals surface area (Å²) >= 11 is 0. The van der Waals surface area contributed by atoms with Gasteiger partial charge in [0.25, 0.3) is 0 Å². The van der Waals surface area contributed by atoms with Crippen LogP contribution in [0.25, 0.3) is 6.08 Å². The molecule has 0 aliphatic carbocycles. The Morgan fingerprint density at radius 1 is 0.919 bits per heavy atom. The van der Waals surface area contributed by atoms with Gasteiger partial charge in [0.15, 0.2) is 0 Å². The van der Waals surface area contributed by atoms with E-state index in [-0.39, 0.29) is 17.5 Å². The first-order chi connectivity index (χ1) is 17.7. The fourth-order valence-electron chi connectivity index (χ4n) is 5.89. The van der Waals surface area contributed by atoms with Crippen molar-refractivity contribution in [1.29, 1.82) is 0 Å². The highest BCUT2D eigenvalue weighted by Crippen LogP contribution is 2.41. The monoisotopic (exact) mass is 504 g/mol. The van der Waals surface area contributed by atoms with Gasteiger partial charge in [0.1, 0.15) is 6.10 Å². The Hall–Kier alpha value is -2.39. The van der Waals surface area contributed by atoms with Gasteiger partial charge in [0, 0.05) is 11.8 Å². The van der Waals surface area contributed by atoms with Gasteiger partial charge in [-0.25, -0.2) is 0 Å². The number of benzene rings is 2. The van der Waals surface area contributed by atoms with Crippen molar-refractivity contribution in [2.24, 2.45) is 0 Å². The SMILES string of the molecule is CCCc1cc(C(CC)(CC)c2ccc(CC[C@@H]3CCC(=O)O3)c(C)c2)ccc1/C=C/C(O)(CC)CC. The number of carbonyl (C=O) groups is 1. The molecule has 1 heterocycles. The second-order valence-corrected chi connectivity index (χ2v) is 10.9. The molecule has 0 bridgehead atoms. The maximum Gasteiger partial charge on any atom is 0.306 e. The van der Waals surface area contributed by atoms with E-state index in [0.29, 0.717) is 6.42 Å². The van der Waals surface area contributed by atoms with Crippen LogP contribution in [0.5, 0.6) is 0 Å². The summed E-state index contributed by atoms with van der Waals surface area (Å²) < 4.78 is 5.43. The summed E-state index contributed by atoms with van der Waals surface area (Å²) in [5, 5.41) is 10.8. The number of aliphatic hydroxyl groups is 1. The highest BCUT2D eigenvalue weighted by atomic mass is 16.5. The summed E-state index contributed by atoms with van der Waals surface area (Å²) in [5.41, 5.74) is 7.22. The molecule has 2 aromatic carbocycles. The lowest BCUT2D eigenvalue weighted by Gasteiger charge is -2.34. The minimum Gasteiger partial charge on any atom is -0.462 e. The van der Waals surface area contributed by atoms with Crippen LogP contribution in [0.3, 0.4) is 0 Å². The van der Waals surface area contributed by atoms with E-state index >= 15 is 0 Å². The molecule has 1 atom stereocenters. The van der Waals surface area contributed by atoms with Gasteiger partial charge in [-0.3, -0.25) is 4.79 Å². The number of ether oxygens (including phenoxy) is 1. The molecule has 1 N–H and O–H groups in total. The van der Waals surface area contributed by atoms with E-state index in [4.69, 9.17) is 4.74 Å². The first kappa shape index (κ1) is 29.2. The Kier molecular flexibility index (Phi) is 10.2. The molecular weight excluding hydrogens is 456 g/mol. The van der Waals surface area contributed by atoms with Gasteiger partial charge in [0.05, 0.1) is 5.60 Å². The second-order valence-electron chi connectivity index (χ2n) is 10.9. The Bertz CT molecular complexity index is 1070. The molecular formula is C34H48O3. The molecule has 0 radical (unpaired) electrons. The highest BCUT2D eigenvalue weighted by Gasteiger charge is 2.32. The van der Waals surface area contributed by atoms with Gasteiger partial charge < -0.3 is 9.84 Å². The maximum atomic E-state index is 11.4. The Labute approximate surface area is 225 Å². The predicted octanol–water partition coefficient (Wildman–Crippen LogP) is 8.26. The molecule has 37 heavy (non-hydrogen) atoms. The normalized spacial score (nSPS) is 16.5. The van der Waals surface area contributed by atoms with Gasteiger partial charge >= 0.3 is 5.97 Å². The van der Waals surface area contributed by atoms with Crippen molar-refractivity contribution in [2.75, 3.05) is 0 Å². The van der Waals surface area contributed by atoms with Crippen LogP contribution in [-0.2, 0) is 27.8 Å². The van der Waals surface area contributed by atoms with E-state index in [1.54, 1.807) is 0 Å². The number of esters is 1. The standard InChI is InChI=1S/C34H48O3/c1-7-12-28-24-30(17-14-27(28)21-22-33(36,8-2)9-3)34(10-4,11-5)29-16-13-26(25(6)23-29)15-18-31-19-20-32(35)37-31/h13-14,16-17,21-24,31,36H,7-12,15,18-20H2,1-6H3/b22-21+/t31-/m1/s1. The van der Waals surface area contributed by atoms with Crippen LogP contribution in [0.15, 0.2) is 42.5 Å². The van der Waals surface area contributed by atoms with Crippen LogP contribution in [-0.4, -0.2) is 22.8 Å². The maximum absolute atomic E-state index is 11.4. The van der Waals surface area contributed by atoms with Crippen LogP contribution in [0, 0.1) is 6.92 Å². The van der Waals surface area contributed by atoms with Crippen LogP contribution >= 0.6 is 0 Å². The average molecular weight is 505 g/mol. The number of cyclic esters (lactones) is 1. The third-order valence-corrected chi connectivity index (χ3v) is 8.82. The van der Waals surface area contributed by atoms with E-state index in [9.17, 15) is 9.90 Å². The lowest BCUT2D eigenvalue weighted by atomic mass is 9.69. The zero-order valence-electron chi connectivity index (χ0n) is 24.0. The largest absolute Gasteiger partial charge is 0.462 e. The number of carbonyl (C=O) groups excluding carboxylic acids is 1. The molecule has 1 saturated heterocycles. The minimum atomic E-state index is -0.739. The van der Waals surface area contributed by atoms with Crippen LogP contribution in [0.2, 0.25) is 0 Å². The Morgan fingerprint density at radius 2 is 1.59 bits per heavy atom. The van der Waals surface area contributed by atoms with Crippen molar-refractivity contribution < 1.29 is 14.6 Å². The number of hydrogen-bond acceptors (Lipinski definition) is 3. The molecule has 1 aliphatic rings. The minimum absolute atomic E-state index is 0.0391. The summed E-state index contributed by atoms with van der Waals surface area (Å²) in [7, 11) is 0. The lowest BCUT2D eigenvalue weighted by molar-refractivity contribution is -0.141. The first-order valence-corrected chi connectivity index (χ1v) is 14.6. The molecule has 1 aliphatic heterocycles. The Morgan fingerprint density at radius 3 is 2.16 bits per heavy atom. The first-order valence-electron chi connectivity index (χ1n) is 14.6. The fourth-order valence-corrected chi connectivity index (χ4v) is 5.89. The molecule has 0 saturated carbocycles. The molecule has 3 nitrogen and oxygen atoms in total. The predicted molar refractivity (Wildman–Crippen MR) is 155 cm³/mol. The molecule has 0 unspecified atom stereocenters. The van der Waals surface area contributed by atoms with Crippen LogP contribution < -0.4 is 0 Å². The summed E-state index contributed by atoms with van der Waals surface area (Å²) in [4.78, 5) is 11.4. The van der Waals surface area contributed by atoms with Crippen molar-refractivity contribution in [3.8, 4) is 0 Å². The molecule has 0 amide bonds. The summed E-state index contributed by atoms with van der Waals surface area (Å²) in [5.74, 6) is -0.0527. The molecule has 3 heteroatoms. The van der Waals surface area contributed by atoms with Crippen molar-refractivity contribution in [3.63, 3.8) is 0 Å². The van der Waals surface area contributed by atoms with Gasteiger partial charge in [-0.1, -0.05) is 89.6 Å². The van der Waals surface area contributed by atoms with E-state index in [2.05, 4.69) is 70.2 Å². The van der Waals surface area contributed by atoms with Crippen molar-refractivity contribution >= 4 is 12.0 Å². The summed E-state index contributed by atoms with van der Waals surface area (Å²) in [6.07, 6.45) is 13.1. The van der Waals surface area contributed by atoms with Gasteiger partial charge in [-0.2, -0.15) is 0 Å². The third kappa shape index (κ3) is 6.74. The van der Waals surface area contributed by atoms with Crippen LogP contribution in [0.4, 0.5) is 0 Å². The molecule has 0 spiro atoms. The number of hydrogen-bond donors (Lipinski definition) is 1. The molecule has 3 rings (SSSR count). The topological polar surface area (TPSA) is 46.5 Å². The smallest absolute Gasteiger partial charge is 0.306 e.